The molecule has 0 fully saturated rings. The Hall–Kier alpha value is -3.01. The lowest BCUT2D eigenvalue weighted by Crippen LogP contribution is -2.18. The number of pyridine rings is 2. The predicted octanol–water partition coefficient (Wildman–Crippen LogP) is 5.23. The highest BCUT2D eigenvalue weighted by molar-refractivity contribution is 7.92. The summed E-state index contributed by atoms with van der Waals surface area (Å²) in [6.45, 7) is 3.64. The number of alkyl halides is 3. The minimum absolute atomic E-state index is 0.105. The van der Waals surface area contributed by atoms with Crippen molar-refractivity contribution in [3.05, 3.63) is 71.7 Å². The highest BCUT2D eigenvalue weighted by Gasteiger charge is 2.35. The van der Waals surface area contributed by atoms with Gasteiger partial charge in [0.1, 0.15) is 5.82 Å². The third-order valence-corrected chi connectivity index (χ3v) is 5.54. The first-order valence-corrected chi connectivity index (χ1v) is 10.3. The summed E-state index contributed by atoms with van der Waals surface area (Å²) in [6.07, 6.45) is -3.63. The van der Waals surface area contributed by atoms with Crippen molar-refractivity contribution in [3.63, 3.8) is 0 Å². The molecule has 0 bridgehead atoms. The largest absolute Gasteiger partial charge is 0.418 e. The van der Waals surface area contributed by atoms with Gasteiger partial charge in [-0.15, -0.1) is 0 Å². The van der Waals surface area contributed by atoms with Crippen molar-refractivity contribution in [2.45, 2.75) is 31.0 Å². The lowest BCUT2D eigenvalue weighted by atomic mass is 9.93. The van der Waals surface area contributed by atoms with E-state index in [1.807, 2.05) is 18.6 Å². The van der Waals surface area contributed by atoms with Crippen LogP contribution in [0, 0.1) is 5.82 Å². The first kappa shape index (κ1) is 21.7. The molecule has 0 unspecified atom stereocenters. The van der Waals surface area contributed by atoms with Crippen LogP contribution in [0.5, 0.6) is 0 Å². The molecule has 3 rings (SSSR count). The van der Waals surface area contributed by atoms with Crippen molar-refractivity contribution in [1.82, 2.24) is 9.97 Å². The molecular weight excluding hydrogens is 422 g/mol. The zero-order chi connectivity index (χ0) is 22.1. The monoisotopic (exact) mass is 439 g/mol. The van der Waals surface area contributed by atoms with E-state index in [9.17, 15) is 26.0 Å². The minimum Gasteiger partial charge on any atom is -0.262 e. The molecule has 0 saturated heterocycles. The quantitative estimate of drug-likeness (QED) is 0.553. The van der Waals surface area contributed by atoms with Crippen LogP contribution in [-0.2, 0) is 16.2 Å². The van der Waals surface area contributed by atoms with Crippen molar-refractivity contribution < 1.29 is 26.0 Å². The van der Waals surface area contributed by atoms with Crippen LogP contribution in [-0.4, -0.2) is 18.4 Å². The number of nitrogens with one attached hydrogen (secondary N) is 1. The van der Waals surface area contributed by atoms with Gasteiger partial charge in [0.05, 0.1) is 11.3 Å². The molecule has 0 saturated carbocycles. The topological polar surface area (TPSA) is 72.0 Å². The molecule has 2 heterocycles. The van der Waals surface area contributed by atoms with Crippen molar-refractivity contribution in [2.75, 3.05) is 4.72 Å². The third-order valence-electron chi connectivity index (χ3n) is 4.26. The normalized spacial score (nSPS) is 12.2. The van der Waals surface area contributed by atoms with Gasteiger partial charge < -0.3 is 0 Å². The van der Waals surface area contributed by atoms with Crippen molar-refractivity contribution >= 4 is 15.8 Å². The Morgan fingerprint density at radius 3 is 2.33 bits per heavy atom. The molecule has 0 aliphatic heterocycles. The third kappa shape index (κ3) is 4.43. The van der Waals surface area contributed by atoms with Gasteiger partial charge >= 0.3 is 6.18 Å². The zero-order valence-corrected chi connectivity index (χ0v) is 16.7. The van der Waals surface area contributed by atoms with Crippen LogP contribution in [0.25, 0.3) is 11.3 Å². The van der Waals surface area contributed by atoms with E-state index >= 15 is 0 Å². The Morgan fingerprint density at radius 2 is 1.70 bits per heavy atom. The summed E-state index contributed by atoms with van der Waals surface area (Å²) in [5.74, 6) is -1.59. The number of rotatable bonds is 5. The number of benzene rings is 1. The second-order valence-electron chi connectivity index (χ2n) is 6.73. The van der Waals surface area contributed by atoms with Gasteiger partial charge in [-0.2, -0.15) is 21.6 Å². The maximum atomic E-state index is 13.8. The Labute approximate surface area is 170 Å². The van der Waals surface area contributed by atoms with Gasteiger partial charge in [0.25, 0.3) is 10.0 Å². The maximum Gasteiger partial charge on any atom is 0.418 e. The Balaban J connectivity index is 2.15. The molecule has 0 atom stereocenters. The molecule has 5 nitrogen and oxygen atoms in total. The number of halogens is 4. The molecule has 1 aromatic carbocycles. The highest BCUT2D eigenvalue weighted by Crippen LogP contribution is 2.39. The van der Waals surface area contributed by atoms with Crippen LogP contribution in [0.3, 0.4) is 0 Å². The van der Waals surface area contributed by atoms with E-state index < -0.39 is 38.3 Å². The minimum atomic E-state index is -4.71. The van der Waals surface area contributed by atoms with E-state index in [1.54, 1.807) is 18.2 Å². The van der Waals surface area contributed by atoms with Crippen LogP contribution < -0.4 is 4.72 Å². The number of hydrogen-bond donors (Lipinski definition) is 1. The van der Waals surface area contributed by atoms with Gasteiger partial charge in [-0.1, -0.05) is 38.1 Å². The molecule has 0 aliphatic carbocycles. The van der Waals surface area contributed by atoms with E-state index in [-0.39, 0.29) is 17.3 Å². The molecule has 2 aromatic heterocycles. The van der Waals surface area contributed by atoms with Crippen molar-refractivity contribution in [2.24, 2.45) is 0 Å². The smallest absolute Gasteiger partial charge is 0.262 e. The van der Waals surface area contributed by atoms with Crippen LogP contribution in [0.1, 0.15) is 30.9 Å². The number of nitrogens with zero attached hydrogens (tertiary/aromatic N) is 2. The summed E-state index contributed by atoms with van der Waals surface area (Å²) >= 11 is 0. The SMILES string of the molecule is CC(C)c1ccccc1-c1nc(NS(=O)(=O)c2ncccc2F)ccc1C(F)(F)F. The van der Waals surface area contributed by atoms with Crippen LogP contribution in [0.2, 0.25) is 0 Å². The van der Waals surface area contributed by atoms with Crippen molar-refractivity contribution in [1.29, 1.82) is 0 Å². The van der Waals surface area contributed by atoms with E-state index in [0.29, 0.717) is 5.56 Å². The molecule has 0 spiro atoms. The molecule has 0 aliphatic rings. The zero-order valence-electron chi connectivity index (χ0n) is 15.9. The molecule has 3 aromatic rings. The average molecular weight is 439 g/mol. The Kier molecular flexibility index (Phi) is 5.80. The van der Waals surface area contributed by atoms with E-state index in [2.05, 4.69) is 9.97 Å². The van der Waals surface area contributed by atoms with Crippen LogP contribution in [0.15, 0.2) is 59.8 Å². The fourth-order valence-electron chi connectivity index (χ4n) is 2.92. The molecule has 1 N–H and O–H groups in total. The Bertz CT molecular complexity index is 1180. The summed E-state index contributed by atoms with van der Waals surface area (Å²) in [5.41, 5.74) is -0.591. The summed E-state index contributed by atoms with van der Waals surface area (Å²) < 4.78 is 81.6. The number of sulfonamides is 1. The van der Waals surface area contributed by atoms with Gasteiger partial charge in [0.15, 0.2) is 5.82 Å². The maximum absolute atomic E-state index is 13.8. The molecule has 158 valence electrons. The number of hydrogen-bond acceptors (Lipinski definition) is 4. The fraction of sp³-hybridized carbons (Fsp3) is 0.200. The molecule has 0 radical (unpaired) electrons. The second kappa shape index (κ2) is 8.02. The number of anilines is 1. The summed E-state index contributed by atoms with van der Waals surface area (Å²) in [6, 6.07) is 10.2. The van der Waals surface area contributed by atoms with Gasteiger partial charge in [0, 0.05) is 11.8 Å². The molecule has 30 heavy (non-hydrogen) atoms. The standard InChI is InChI=1S/C20H17F4N3O2S/c1-12(2)13-6-3-4-7-14(13)18-15(20(22,23)24)9-10-17(26-18)27-30(28,29)19-16(21)8-5-11-25-19/h3-12H,1-2H3,(H,26,27). The van der Waals surface area contributed by atoms with Crippen LogP contribution in [0.4, 0.5) is 23.4 Å². The Morgan fingerprint density at radius 1 is 1.00 bits per heavy atom. The van der Waals surface area contributed by atoms with E-state index in [0.717, 1.165) is 24.4 Å². The average Bonchev–Trinajstić information content (AvgIpc) is 2.67. The molecule has 10 heteroatoms. The van der Waals surface area contributed by atoms with E-state index in [1.165, 1.54) is 12.1 Å². The first-order valence-electron chi connectivity index (χ1n) is 8.81. The lowest BCUT2D eigenvalue weighted by Gasteiger charge is -2.18. The molecule has 0 amide bonds. The van der Waals surface area contributed by atoms with E-state index in [4.69, 9.17) is 0 Å². The highest BCUT2D eigenvalue weighted by atomic mass is 32.2. The predicted molar refractivity (Wildman–Crippen MR) is 104 cm³/mol. The first-order chi connectivity index (χ1) is 14.0. The number of aromatic nitrogens is 2. The lowest BCUT2D eigenvalue weighted by molar-refractivity contribution is -0.137. The van der Waals surface area contributed by atoms with Gasteiger partial charge in [-0.05, 0) is 35.7 Å². The molecular formula is C20H17F4N3O2S. The summed E-state index contributed by atoms with van der Waals surface area (Å²) in [7, 11) is -4.50. The van der Waals surface area contributed by atoms with Gasteiger partial charge in [-0.25, -0.2) is 14.4 Å². The summed E-state index contributed by atoms with van der Waals surface area (Å²) in [4.78, 5) is 7.42. The second-order valence-corrected chi connectivity index (χ2v) is 8.33. The van der Waals surface area contributed by atoms with Gasteiger partial charge in [-0.3, -0.25) is 4.72 Å². The summed E-state index contributed by atoms with van der Waals surface area (Å²) in [5, 5.41) is -0.879. The van der Waals surface area contributed by atoms with Crippen molar-refractivity contribution in [3.8, 4) is 11.3 Å². The van der Waals surface area contributed by atoms with Gasteiger partial charge in [0.2, 0.25) is 5.03 Å². The fourth-order valence-corrected chi connectivity index (χ4v) is 3.93. The van der Waals surface area contributed by atoms with Crippen LogP contribution >= 0.6 is 0 Å².